The molecule has 0 unspecified atom stereocenters. The minimum absolute atomic E-state index is 0.0535. The highest BCUT2D eigenvalue weighted by molar-refractivity contribution is 6.35. The number of carbonyl (C=O) groups excluding carboxylic acids is 1. The van der Waals surface area contributed by atoms with Gasteiger partial charge in [-0.3, -0.25) is 9.48 Å². The SMILES string of the molecule is CN(C(=O)c1cc2c(cc1Cl)nc(N)c1cnn(C)c12)[C@@H]1COc2cc(-c3cnn(C(F)(F)F)c3)ccc21. The van der Waals surface area contributed by atoms with Gasteiger partial charge in [0.15, 0.2) is 0 Å². The Morgan fingerprint density at radius 3 is 2.68 bits per heavy atom. The Bertz CT molecular complexity index is 1760. The Hall–Kier alpha value is -4.32. The normalized spacial score (nSPS) is 15.2. The number of rotatable bonds is 3. The lowest BCUT2D eigenvalue weighted by Crippen LogP contribution is -2.32. The smallest absolute Gasteiger partial charge is 0.491 e. The van der Waals surface area contributed by atoms with Gasteiger partial charge in [0.25, 0.3) is 5.91 Å². The lowest BCUT2D eigenvalue weighted by molar-refractivity contribution is -0.212. The number of hydrogen-bond acceptors (Lipinski definition) is 6. The highest BCUT2D eigenvalue weighted by atomic mass is 35.5. The molecule has 38 heavy (non-hydrogen) atoms. The number of anilines is 1. The molecular formula is C25H19ClF3N7O2. The van der Waals surface area contributed by atoms with E-state index in [0.29, 0.717) is 39.0 Å². The van der Waals surface area contributed by atoms with Crippen LogP contribution < -0.4 is 10.5 Å². The number of pyridine rings is 1. The molecule has 13 heteroatoms. The summed E-state index contributed by atoms with van der Waals surface area (Å²) in [6.07, 6.45) is -0.933. The lowest BCUT2D eigenvalue weighted by Gasteiger charge is -2.24. The van der Waals surface area contributed by atoms with Gasteiger partial charge in [-0.25, -0.2) is 4.98 Å². The summed E-state index contributed by atoms with van der Waals surface area (Å²) in [5, 5.41) is 9.22. The van der Waals surface area contributed by atoms with Crippen molar-refractivity contribution in [1.82, 2.24) is 29.4 Å². The fourth-order valence-electron chi connectivity index (χ4n) is 4.78. The van der Waals surface area contributed by atoms with Crippen molar-refractivity contribution in [3.63, 3.8) is 0 Å². The maximum Gasteiger partial charge on any atom is 0.504 e. The van der Waals surface area contributed by atoms with Crippen LogP contribution in [0.2, 0.25) is 5.02 Å². The molecule has 0 radical (unpaired) electrons. The van der Waals surface area contributed by atoms with Crippen LogP contribution in [-0.2, 0) is 13.3 Å². The van der Waals surface area contributed by atoms with Gasteiger partial charge in [0, 0.05) is 36.8 Å². The lowest BCUT2D eigenvalue weighted by atomic mass is 10.0. The van der Waals surface area contributed by atoms with Crippen LogP contribution in [0.15, 0.2) is 48.9 Å². The maximum atomic E-state index is 13.6. The molecule has 0 saturated carbocycles. The van der Waals surface area contributed by atoms with Crippen molar-refractivity contribution >= 4 is 45.1 Å². The summed E-state index contributed by atoms with van der Waals surface area (Å²) < 4.78 is 46.2. The summed E-state index contributed by atoms with van der Waals surface area (Å²) in [5.74, 6) is 0.464. The minimum atomic E-state index is -4.60. The number of nitrogens with zero attached hydrogens (tertiary/aromatic N) is 6. The van der Waals surface area contributed by atoms with E-state index in [1.54, 1.807) is 55.3 Å². The average molecular weight is 542 g/mol. The Kier molecular flexibility index (Phi) is 5.28. The topological polar surface area (TPSA) is 104 Å². The molecule has 6 rings (SSSR count). The van der Waals surface area contributed by atoms with Crippen LogP contribution in [0.1, 0.15) is 22.0 Å². The van der Waals surface area contributed by atoms with Crippen LogP contribution in [-0.4, -0.2) is 49.0 Å². The van der Waals surface area contributed by atoms with Crippen molar-refractivity contribution < 1.29 is 22.7 Å². The third-order valence-corrected chi connectivity index (χ3v) is 7.07. The summed E-state index contributed by atoms with van der Waals surface area (Å²) >= 11 is 6.52. The standard InChI is InChI=1S/C25H19ClF3N7O2/c1-34(20-11-38-21-5-12(3-4-14(20)21)13-8-32-36(10-13)25(27,28)29)24(37)15-6-16-19(7-18(15)26)33-23(30)17-9-31-35(2)22(16)17/h3-10,20H,11H2,1-2H3,(H2,30,33)/t20-/m1/s1. The molecule has 0 saturated heterocycles. The molecule has 0 bridgehead atoms. The molecule has 3 aromatic heterocycles. The minimum Gasteiger partial charge on any atom is -0.491 e. The summed E-state index contributed by atoms with van der Waals surface area (Å²) in [6, 6.07) is 7.92. The number of carbonyl (C=O) groups is 1. The van der Waals surface area contributed by atoms with Crippen LogP contribution in [0, 0.1) is 0 Å². The second-order valence-electron chi connectivity index (χ2n) is 9.01. The van der Waals surface area contributed by atoms with Gasteiger partial charge in [0.05, 0.1) is 45.4 Å². The summed E-state index contributed by atoms with van der Waals surface area (Å²) in [6.45, 7) is 0.179. The molecule has 1 atom stereocenters. The first-order valence-electron chi connectivity index (χ1n) is 11.4. The number of halogens is 4. The fraction of sp³-hybridized carbons (Fsp3) is 0.200. The van der Waals surface area contributed by atoms with Crippen LogP contribution >= 0.6 is 11.6 Å². The molecular weight excluding hydrogens is 523 g/mol. The van der Waals surface area contributed by atoms with E-state index in [2.05, 4.69) is 15.2 Å². The van der Waals surface area contributed by atoms with Crippen molar-refractivity contribution in [2.24, 2.45) is 7.05 Å². The summed E-state index contributed by atoms with van der Waals surface area (Å²) in [4.78, 5) is 19.6. The van der Waals surface area contributed by atoms with E-state index in [9.17, 15) is 18.0 Å². The van der Waals surface area contributed by atoms with Crippen molar-refractivity contribution in [3.05, 3.63) is 65.1 Å². The summed E-state index contributed by atoms with van der Waals surface area (Å²) in [7, 11) is 3.42. The maximum absolute atomic E-state index is 13.6. The van der Waals surface area contributed by atoms with E-state index in [1.807, 2.05) is 0 Å². The number of ether oxygens (including phenoxy) is 1. The number of benzene rings is 2. The van der Waals surface area contributed by atoms with E-state index in [4.69, 9.17) is 22.1 Å². The van der Waals surface area contributed by atoms with Gasteiger partial charge in [0.2, 0.25) is 0 Å². The number of nitrogen functional groups attached to an aromatic ring is 1. The molecule has 1 aliphatic heterocycles. The van der Waals surface area contributed by atoms with Crippen molar-refractivity contribution in [2.45, 2.75) is 12.3 Å². The number of nitrogens with two attached hydrogens (primary N) is 1. The predicted octanol–water partition coefficient (Wildman–Crippen LogP) is 4.90. The van der Waals surface area contributed by atoms with Gasteiger partial charge < -0.3 is 15.4 Å². The highest BCUT2D eigenvalue weighted by Crippen LogP contribution is 2.40. The van der Waals surface area contributed by atoms with E-state index in [1.165, 1.54) is 4.90 Å². The van der Waals surface area contributed by atoms with Crippen LogP contribution in [0.4, 0.5) is 19.0 Å². The number of fused-ring (bicyclic) bond motifs is 4. The number of amides is 1. The molecule has 1 aliphatic rings. The Labute approximate surface area is 218 Å². The number of alkyl halides is 3. The van der Waals surface area contributed by atoms with Crippen molar-refractivity contribution in [3.8, 4) is 16.9 Å². The largest absolute Gasteiger partial charge is 0.504 e. The van der Waals surface area contributed by atoms with Crippen molar-refractivity contribution in [1.29, 1.82) is 0 Å². The van der Waals surface area contributed by atoms with Gasteiger partial charge >= 0.3 is 6.30 Å². The third-order valence-electron chi connectivity index (χ3n) is 6.76. The van der Waals surface area contributed by atoms with Gasteiger partial charge in [-0.2, -0.15) is 14.9 Å². The van der Waals surface area contributed by atoms with Gasteiger partial charge in [0.1, 0.15) is 18.2 Å². The molecule has 5 aromatic rings. The fourth-order valence-corrected chi connectivity index (χ4v) is 5.02. The van der Waals surface area contributed by atoms with E-state index < -0.39 is 12.3 Å². The van der Waals surface area contributed by atoms with E-state index >= 15 is 0 Å². The predicted molar refractivity (Wildman–Crippen MR) is 135 cm³/mol. The Balaban J connectivity index is 1.33. The molecule has 1 amide bonds. The molecule has 2 aromatic carbocycles. The zero-order valence-electron chi connectivity index (χ0n) is 20.0. The molecule has 9 nitrogen and oxygen atoms in total. The Morgan fingerprint density at radius 2 is 1.95 bits per heavy atom. The first-order chi connectivity index (χ1) is 18.0. The molecule has 0 fully saturated rings. The van der Waals surface area contributed by atoms with Crippen LogP contribution in [0.3, 0.4) is 0 Å². The highest BCUT2D eigenvalue weighted by Gasteiger charge is 2.34. The van der Waals surface area contributed by atoms with E-state index in [0.717, 1.165) is 23.5 Å². The van der Waals surface area contributed by atoms with Crippen molar-refractivity contribution in [2.75, 3.05) is 19.4 Å². The van der Waals surface area contributed by atoms with Gasteiger partial charge in [-0.1, -0.05) is 23.7 Å². The zero-order chi connectivity index (χ0) is 26.9. The number of aromatic nitrogens is 5. The van der Waals surface area contributed by atoms with Gasteiger partial charge in [-0.05, 0) is 23.8 Å². The first-order valence-corrected chi connectivity index (χ1v) is 11.8. The third kappa shape index (κ3) is 3.71. The number of likely N-dealkylation sites (N-methyl/N-ethyl adjacent to an activating group) is 1. The molecule has 194 valence electrons. The van der Waals surface area contributed by atoms with Crippen LogP contribution in [0.25, 0.3) is 32.9 Å². The zero-order valence-corrected chi connectivity index (χ0v) is 20.7. The number of aryl methyl sites for hydroxylation is 1. The quantitative estimate of drug-likeness (QED) is 0.348. The molecule has 0 spiro atoms. The van der Waals surface area contributed by atoms with Gasteiger partial charge in [-0.15, -0.1) is 13.2 Å². The average Bonchev–Trinajstić information content (AvgIpc) is 3.61. The second kappa shape index (κ2) is 8.35. The molecule has 0 aliphatic carbocycles. The summed E-state index contributed by atoms with van der Waals surface area (Å²) in [5.41, 5.74) is 9.16. The molecule has 2 N–H and O–H groups in total. The Morgan fingerprint density at radius 1 is 1.16 bits per heavy atom. The first kappa shape index (κ1) is 24.0. The van der Waals surface area contributed by atoms with Crippen LogP contribution in [0.5, 0.6) is 5.75 Å². The second-order valence-corrected chi connectivity index (χ2v) is 9.42. The number of hydrogen-bond donors (Lipinski definition) is 1. The monoisotopic (exact) mass is 541 g/mol. The molecule has 4 heterocycles. The van der Waals surface area contributed by atoms with E-state index in [-0.39, 0.29) is 27.8 Å².